The molecule has 0 bridgehead atoms. The van der Waals surface area contributed by atoms with Gasteiger partial charge in [0.2, 0.25) is 0 Å². The molecule has 1 saturated carbocycles. The fraction of sp³-hybridized carbons (Fsp3) is 0.889. The fourth-order valence-corrected chi connectivity index (χ4v) is 3.00. The van der Waals surface area contributed by atoms with E-state index >= 15 is 0 Å². The van der Waals surface area contributed by atoms with Crippen molar-refractivity contribution in [2.75, 3.05) is 20.2 Å². The van der Waals surface area contributed by atoms with Crippen molar-refractivity contribution in [1.29, 1.82) is 0 Å². The molecule has 0 aromatic heterocycles. The number of rotatable bonds is 6. The Kier molecular flexibility index (Phi) is 7.86. The predicted octanol–water partition coefficient (Wildman–Crippen LogP) is 4.00. The van der Waals surface area contributed by atoms with E-state index in [4.69, 9.17) is 9.47 Å². The monoisotopic (exact) mass is 327 g/mol. The SMILES string of the molecule is CCOC(=O)C1CCC(CCCN(C)C(=O)OC(C)(C)C)CC1. The van der Waals surface area contributed by atoms with Gasteiger partial charge in [0.15, 0.2) is 0 Å². The minimum Gasteiger partial charge on any atom is -0.466 e. The van der Waals surface area contributed by atoms with Crippen molar-refractivity contribution in [1.82, 2.24) is 4.90 Å². The van der Waals surface area contributed by atoms with Crippen LogP contribution >= 0.6 is 0 Å². The van der Waals surface area contributed by atoms with Crippen molar-refractivity contribution in [2.45, 2.75) is 71.8 Å². The first-order valence-corrected chi connectivity index (χ1v) is 8.83. The van der Waals surface area contributed by atoms with E-state index in [0.29, 0.717) is 19.1 Å². The third kappa shape index (κ3) is 7.71. The van der Waals surface area contributed by atoms with Gasteiger partial charge in [-0.25, -0.2) is 4.79 Å². The van der Waals surface area contributed by atoms with Gasteiger partial charge in [-0.1, -0.05) is 0 Å². The number of amides is 1. The van der Waals surface area contributed by atoms with Crippen LogP contribution in [0.2, 0.25) is 0 Å². The summed E-state index contributed by atoms with van der Waals surface area (Å²) in [6.07, 6.45) is 5.85. The normalized spacial score (nSPS) is 21.6. The molecule has 5 heteroatoms. The summed E-state index contributed by atoms with van der Waals surface area (Å²) >= 11 is 0. The van der Waals surface area contributed by atoms with Gasteiger partial charge in [0.1, 0.15) is 5.60 Å². The van der Waals surface area contributed by atoms with E-state index in [1.54, 1.807) is 11.9 Å². The van der Waals surface area contributed by atoms with Crippen LogP contribution in [-0.4, -0.2) is 42.8 Å². The van der Waals surface area contributed by atoms with Crippen molar-refractivity contribution in [3.05, 3.63) is 0 Å². The van der Waals surface area contributed by atoms with Crippen LogP contribution < -0.4 is 0 Å². The Hall–Kier alpha value is -1.26. The van der Waals surface area contributed by atoms with E-state index in [2.05, 4.69) is 0 Å². The highest BCUT2D eigenvalue weighted by molar-refractivity contribution is 5.72. The van der Waals surface area contributed by atoms with Crippen molar-refractivity contribution in [3.8, 4) is 0 Å². The molecule has 1 fully saturated rings. The van der Waals surface area contributed by atoms with Crippen LogP contribution in [0.3, 0.4) is 0 Å². The first-order chi connectivity index (χ1) is 10.7. The van der Waals surface area contributed by atoms with Gasteiger partial charge in [0.05, 0.1) is 12.5 Å². The minimum absolute atomic E-state index is 0.0318. The summed E-state index contributed by atoms with van der Waals surface area (Å²) in [5, 5.41) is 0. The lowest BCUT2D eigenvalue weighted by Crippen LogP contribution is -2.35. The summed E-state index contributed by atoms with van der Waals surface area (Å²) in [6.45, 7) is 8.66. The number of ether oxygens (including phenoxy) is 2. The Morgan fingerprint density at radius 3 is 2.26 bits per heavy atom. The Balaban J connectivity index is 2.20. The minimum atomic E-state index is -0.448. The second-order valence-corrected chi connectivity index (χ2v) is 7.51. The van der Waals surface area contributed by atoms with Gasteiger partial charge in [0.25, 0.3) is 0 Å². The highest BCUT2D eigenvalue weighted by atomic mass is 16.6. The second-order valence-electron chi connectivity index (χ2n) is 7.51. The molecule has 0 N–H and O–H groups in total. The van der Waals surface area contributed by atoms with Crippen LogP contribution in [0.4, 0.5) is 4.79 Å². The van der Waals surface area contributed by atoms with Crippen LogP contribution in [0.1, 0.15) is 66.2 Å². The van der Waals surface area contributed by atoms with E-state index in [1.165, 1.54) is 0 Å². The number of hydrogen-bond donors (Lipinski definition) is 0. The largest absolute Gasteiger partial charge is 0.466 e. The number of hydrogen-bond acceptors (Lipinski definition) is 4. The van der Waals surface area contributed by atoms with E-state index < -0.39 is 5.60 Å². The molecule has 0 unspecified atom stereocenters. The molecule has 1 aliphatic rings. The summed E-state index contributed by atoms with van der Waals surface area (Å²) in [5.41, 5.74) is -0.448. The van der Waals surface area contributed by atoms with Crippen LogP contribution in [-0.2, 0) is 14.3 Å². The molecule has 134 valence electrons. The van der Waals surface area contributed by atoms with E-state index in [-0.39, 0.29) is 18.0 Å². The fourth-order valence-electron chi connectivity index (χ4n) is 3.00. The Labute approximate surface area is 140 Å². The Bertz CT molecular complexity index is 381. The lowest BCUT2D eigenvalue weighted by atomic mass is 9.80. The van der Waals surface area contributed by atoms with E-state index in [9.17, 15) is 9.59 Å². The summed E-state index contributed by atoms with van der Waals surface area (Å²) in [4.78, 5) is 25.2. The summed E-state index contributed by atoms with van der Waals surface area (Å²) in [5.74, 6) is 0.721. The summed E-state index contributed by atoms with van der Waals surface area (Å²) in [7, 11) is 1.78. The highest BCUT2D eigenvalue weighted by Gasteiger charge is 2.27. The maximum Gasteiger partial charge on any atom is 0.410 e. The molecule has 0 aromatic carbocycles. The van der Waals surface area contributed by atoms with Crippen molar-refractivity contribution >= 4 is 12.1 Å². The van der Waals surface area contributed by atoms with Crippen LogP contribution in [0.25, 0.3) is 0 Å². The second kappa shape index (κ2) is 9.14. The molecule has 0 radical (unpaired) electrons. The Morgan fingerprint density at radius 2 is 1.74 bits per heavy atom. The molecule has 1 amide bonds. The van der Waals surface area contributed by atoms with Crippen LogP contribution in [0.15, 0.2) is 0 Å². The zero-order chi connectivity index (χ0) is 17.5. The average Bonchev–Trinajstić information content (AvgIpc) is 2.46. The molecule has 0 heterocycles. The highest BCUT2D eigenvalue weighted by Crippen LogP contribution is 2.32. The van der Waals surface area contributed by atoms with Gasteiger partial charge in [-0.15, -0.1) is 0 Å². The zero-order valence-corrected chi connectivity index (χ0v) is 15.4. The maximum atomic E-state index is 11.9. The molecule has 0 atom stereocenters. The molecule has 5 nitrogen and oxygen atoms in total. The topological polar surface area (TPSA) is 55.8 Å². The molecule has 0 spiro atoms. The lowest BCUT2D eigenvalue weighted by Gasteiger charge is -2.28. The number of esters is 1. The van der Waals surface area contributed by atoms with Crippen molar-refractivity contribution in [3.63, 3.8) is 0 Å². The quantitative estimate of drug-likeness (QED) is 0.692. The average molecular weight is 327 g/mol. The van der Waals surface area contributed by atoms with Gasteiger partial charge >= 0.3 is 12.1 Å². The third-order valence-corrected chi connectivity index (χ3v) is 4.28. The van der Waals surface area contributed by atoms with Gasteiger partial charge in [-0.05, 0) is 72.1 Å². The van der Waals surface area contributed by atoms with Gasteiger partial charge in [-0.3, -0.25) is 4.79 Å². The van der Waals surface area contributed by atoms with Gasteiger partial charge < -0.3 is 14.4 Å². The maximum absolute atomic E-state index is 11.9. The molecule has 1 aliphatic carbocycles. The Morgan fingerprint density at radius 1 is 1.13 bits per heavy atom. The molecular weight excluding hydrogens is 294 g/mol. The number of nitrogens with zero attached hydrogens (tertiary/aromatic N) is 1. The van der Waals surface area contributed by atoms with E-state index in [0.717, 1.165) is 38.5 Å². The smallest absolute Gasteiger partial charge is 0.410 e. The standard InChI is InChI=1S/C18H33NO4/c1-6-22-16(20)15-11-9-14(10-12-15)8-7-13-19(5)17(21)23-18(2,3)4/h14-15H,6-13H2,1-5H3. The summed E-state index contributed by atoms with van der Waals surface area (Å²) in [6, 6.07) is 0. The first kappa shape index (κ1) is 19.8. The van der Waals surface area contributed by atoms with Gasteiger partial charge in [-0.2, -0.15) is 0 Å². The molecule has 0 aromatic rings. The molecular formula is C18H33NO4. The third-order valence-electron chi connectivity index (χ3n) is 4.28. The van der Waals surface area contributed by atoms with Crippen LogP contribution in [0, 0.1) is 11.8 Å². The molecule has 0 saturated heterocycles. The van der Waals surface area contributed by atoms with Crippen molar-refractivity contribution < 1.29 is 19.1 Å². The first-order valence-electron chi connectivity index (χ1n) is 8.83. The molecule has 0 aliphatic heterocycles. The predicted molar refractivity (Wildman–Crippen MR) is 90.2 cm³/mol. The molecule has 23 heavy (non-hydrogen) atoms. The number of carbonyl (C=O) groups excluding carboxylic acids is 2. The molecule has 1 rings (SSSR count). The lowest BCUT2D eigenvalue weighted by molar-refractivity contribution is -0.149. The zero-order valence-electron chi connectivity index (χ0n) is 15.4. The number of carbonyl (C=O) groups is 2. The van der Waals surface area contributed by atoms with Gasteiger partial charge in [0, 0.05) is 13.6 Å². The summed E-state index contributed by atoms with van der Waals surface area (Å²) < 4.78 is 10.4. The van der Waals surface area contributed by atoms with E-state index in [1.807, 2.05) is 27.7 Å². The van der Waals surface area contributed by atoms with Crippen LogP contribution in [0.5, 0.6) is 0 Å². The van der Waals surface area contributed by atoms with Crippen molar-refractivity contribution in [2.24, 2.45) is 11.8 Å².